The molecule has 1 aliphatic rings. The lowest BCUT2D eigenvalue weighted by molar-refractivity contribution is 0.751. The Kier molecular flexibility index (Phi) is 3.38. The Hall–Kier alpha value is -1.62. The van der Waals surface area contributed by atoms with Gasteiger partial charge in [-0.1, -0.05) is 24.3 Å². The molecule has 0 radical (unpaired) electrons. The molecule has 2 N–H and O–H groups in total. The van der Waals surface area contributed by atoms with Gasteiger partial charge in [-0.15, -0.1) is 0 Å². The first-order chi connectivity index (χ1) is 9.24. The zero-order valence-corrected chi connectivity index (χ0v) is 12.1. The van der Waals surface area contributed by atoms with Gasteiger partial charge in [0.25, 0.3) is 0 Å². The summed E-state index contributed by atoms with van der Waals surface area (Å²) in [5, 5.41) is 0. The van der Waals surface area contributed by atoms with Crippen molar-refractivity contribution in [2.24, 2.45) is 0 Å². The number of benzene rings is 1. The molecule has 0 amide bonds. The van der Waals surface area contributed by atoms with E-state index in [1.807, 2.05) is 0 Å². The summed E-state index contributed by atoms with van der Waals surface area (Å²) >= 11 is 3.51. The van der Waals surface area contributed by atoms with Gasteiger partial charge in [0.05, 0.1) is 4.47 Å². The highest BCUT2D eigenvalue weighted by atomic mass is 79.9. The Morgan fingerprint density at radius 2 is 2.00 bits per heavy atom. The molecule has 0 atom stereocenters. The second kappa shape index (κ2) is 5.17. The minimum Gasteiger partial charge on any atom is -0.368 e. The number of hydrogen-bond acceptors (Lipinski definition) is 4. The van der Waals surface area contributed by atoms with E-state index in [0.717, 1.165) is 36.2 Å². The fourth-order valence-electron chi connectivity index (χ4n) is 2.47. The van der Waals surface area contributed by atoms with Crippen LogP contribution in [0.4, 0.5) is 11.8 Å². The summed E-state index contributed by atoms with van der Waals surface area (Å²) in [6, 6.07) is 8.59. The van der Waals surface area contributed by atoms with Crippen LogP contribution in [-0.4, -0.2) is 16.5 Å². The highest BCUT2D eigenvalue weighted by molar-refractivity contribution is 9.10. The summed E-state index contributed by atoms with van der Waals surface area (Å²) in [5.41, 5.74) is 8.50. The fourth-order valence-corrected chi connectivity index (χ4v) is 2.92. The van der Waals surface area contributed by atoms with Crippen molar-refractivity contribution in [1.29, 1.82) is 0 Å². The molecule has 1 aromatic heterocycles. The maximum absolute atomic E-state index is 5.70. The highest BCUT2D eigenvalue weighted by Gasteiger charge is 2.17. The molecule has 1 aromatic carbocycles. The molecule has 5 heteroatoms. The summed E-state index contributed by atoms with van der Waals surface area (Å²) in [6.45, 7) is 1.84. The monoisotopic (exact) mass is 318 g/mol. The van der Waals surface area contributed by atoms with E-state index in [2.05, 4.69) is 55.1 Å². The van der Waals surface area contributed by atoms with Gasteiger partial charge >= 0.3 is 0 Å². The molecule has 4 nitrogen and oxygen atoms in total. The SMILES string of the molecule is Nc1ncc(Br)c(N2CCCc3ccccc3C2)n1. The molecule has 98 valence electrons. The Labute approximate surface area is 120 Å². The lowest BCUT2D eigenvalue weighted by Crippen LogP contribution is -2.24. The number of nitrogens with zero attached hydrogens (tertiary/aromatic N) is 3. The van der Waals surface area contributed by atoms with Crippen LogP contribution in [0, 0.1) is 0 Å². The van der Waals surface area contributed by atoms with Crippen LogP contribution < -0.4 is 10.6 Å². The zero-order chi connectivity index (χ0) is 13.2. The lowest BCUT2D eigenvalue weighted by atomic mass is 10.0. The number of anilines is 2. The maximum Gasteiger partial charge on any atom is 0.222 e. The summed E-state index contributed by atoms with van der Waals surface area (Å²) in [6.07, 6.45) is 3.95. The van der Waals surface area contributed by atoms with Crippen LogP contribution >= 0.6 is 15.9 Å². The summed E-state index contributed by atoms with van der Waals surface area (Å²) in [4.78, 5) is 10.6. The zero-order valence-electron chi connectivity index (χ0n) is 10.5. The summed E-state index contributed by atoms with van der Waals surface area (Å²) in [7, 11) is 0. The van der Waals surface area contributed by atoms with Gasteiger partial charge in [-0.2, -0.15) is 4.98 Å². The first-order valence-corrected chi connectivity index (χ1v) is 7.13. The van der Waals surface area contributed by atoms with Gasteiger partial charge in [-0.25, -0.2) is 4.98 Å². The smallest absolute Gasteiger partial charge is 0.222 e. The molecule has 0 spiro atoms. The molecule has 0 unspecified atom stereocenters. The van der Waals surface area contributed by atoms with Crippen LogP contribution in [0.1, 0.15) is 17.5 Å². The molecular weight excluding hydrogens is 304 g/mol. The normalized spacial score (nSPS) is 14.9. The first kappa shape index (κ1) is 12.4. The molecule has 2 aromatic rings. The average molecular weight is 319 g/mol. The van der Waals surface area contributed by atoms with E-state index < -0.39 is 0 Å². The third-order valence-corrected chi connectivity index (χ3v) is 3.96. The van der Waals surface area contributed by atoms with Crippen LogP contribution in [0.2, 0.25) is 0 Å². The van der Waals surface area contributed by atoms with Crippen molar-refractivity contribution in [3.8, 4) is 0 Å². The second-order valence-electron chi connectivity index (χ2n) is 4.69. The number of nitrogen functional groups attached to an aromatic ring is 1. The molecule has 0 aliphatic carbocycles. The van der Waals surface area contributed by atoms with Gasteiger partial charge in [0.1, 0.15) is 5.82 Å². The van der Waals surface area contributed by atoms with Crippen LogP contribution in [0.15, 0.2) is 34.9 Å². The largest absolute Gasteiger partial charge is 0.368 e. The van der Waals surface area contributed by atoms with E-state index in [4.69, 9.17) is 5.73 Å². The van der Waals surface area contributed by atoms with Gasteiger partial charge in [0.15, 0.2) is 0 Å². The van der Waals surface area contributed by atoms with Gasteiger partial charge in [-0.05, 0) is 39.9 Å². The van der Waals surface area contributed by atoms with Gasteiger partial charge in [-0.3, -0.25) is 0 Å². The van der Waals surface area contributed by atoms with Crippen LogP contribution in [0.3, 0.4) is 0 Å². The van der Waals surface area contributed by atoms with Crippen molar-refractivity contribution < 1.29 is 0 Å². The maximum atomic E-state index is 5.70. The molecule has 19 heavy (non-hydrogen) atoms. The molecular formula is C14H15BrN4. The van der Waals surface area contributed by atoms with Gasteiger partial charge in [0, 0.05) is 19.3 Å². The molecule has 0 saturated heterocycles. The van der Waals surface area contributed by atoms with Crippen molar-refractivity contribution in [1.82, 2.24) is 9.97 Å². The van der Waals surface area contributed by atoms with E-state index in [0.29, 0.717) is 5.95 Å². The number of nitrogens with two attached hydrogens (primary N) is 1. The minimum atomic E-state index is 0.315. The quantitative estimate of drug-likeness (QED) is 0.878. The number of aromatic nitrogens is 2. The molecule has 3 rings (SSSR count). The number of fused-ring (bicyclic) bond motifs is 1. The average Bonchev–Trinajstić information content (AvgIpc) is 2.63. The standard InChI is InChI=1S/C14H15BrN4/c15-12-8-17-14(16)18-13(12)19-7-3-6-10-4-1-2-5-11(10)9-19/h1-2,4-5,8H,3,6-7,9H2,(H2,16,17,18). The van der Waals surface area contributed by atoms with Gasteiger partial charge < -0.3 is 10.6 Å². The molecule has 0 bridgehead atoms. The number of aryl methyl sites for hydroxylation is 1. The Bertz CT molecular complexity index is 600. The Morgan fingerprint density at radius 1 is 1.21 bits per heavy atom. The highest BCUT2D eigenvalue weighted by Crippen LogP contribution is 2.28. The van der Waals surface area contributed by atoms with Crippen LogP contribution in [0.5, 0.6) is 0 Å². The molecule has 0 saturated carbocycles. The predicted molar refractivity (Wildman–Crippen MR) is 80.0 cm³/mol. The van der Waals surface area contributed by atoms with Crippen molar-refractivity contribution in [3.05, 3.63) is 46.1 Å². The van der Waals surface area contributed by atoms with E-state index in [1.165, 1.54) is 11.1 Å². The van der Waals surface area contributed by atoms with Crippen LogP contribution in [0.25, 0.3) is 0 Å². The van der Waals surface area contributed by atoms with E-state index >= 15 is 0 Å². The lowest BCUT2D eigenvalue weighted by Gasteiger charge is -2.23. The number of rotatable bonds is 1. The Morgan fingerprint density at radius 3 is 2.84 bits per heavy atom. The Balaban J connectivity index is 1.96. The molecule has 0 fully saturated rings. The number of halogens is 1. The minimum absolute atomic E-state index is 0.315. The number of hydrogen-bond donors (Lipinski definition) is 1. The summed E-state index contributed by atoms with van der Waals surface area (Å²) < 4.78 is 0.890. The van der Waals surface area contributed by atoms with Gasteiger partial charge in [0.2, 0.25) is 5.95 Å². The van der Waals surface area contributed by atoms with Crippen molar-refractivity contribution in [2.75, 3.05) is 17.2 Å². The third kappa shape index (κ3) is 2.56. The second-order valence-corrected chi connectivity index (χ2v) is 5.55. The van der Waals surface area contributed by atoms with Crippen LogP contribution in [-0.2, 0) is 13.0 Å². The predicted octanol–water partition coefficient (Wildman–Crippen LogP) is 2.77. The van der Waals surface area contributed by atoms with E-state index in [-0.39, 0.29) is 0 Å². The third-order valence-electron chi connectivity index (χ3n) is 3.40. The van der Waals surface area contributed by atoms with Crippen molar-refractivity contribution in [2.45, 2.75) is 19.4 Å². The topological polar surface area (TPSA) is 55.0 Å². The first-order valence-electron chi connectivity index (χ1n) is 6.34. The molecule has 1 aliphatic heterocycles. The van der Waals surface area contributed by atoms with Crippen molar-refractivity contribution >= 4 is 27.7 Å². The summed E-state index contributed by atoms with van der Waals surface area (Å²) in [5.74, 6) is 1.19. The van der Waals surface area contributed by atoms with E-state index in [9.17, 15) is 0 Å². The fraction of sp³-hybridized carbons (Fsp3) is 0.286. The van der Waals surface area contributed by atoms with E-state index in [1.54, 1.807) is 6.20 Å². The van der Waals surface area contributed by atoms with Crippen molar-refractivity contribution in [3.63, 3.8) is 0 Å². The molecule has 2 heterocycles.